The monoisotopic (exact) mass is 312 g/mol. The number of alkyl halides is 1. The summed E-state index contributed by atoms with van der Waals surface area (Å²) in [7, 11) is 0. The molecular formula is C13H14BrClN2. The Kier molecular flexibility index (Phi) is 2.91. The molecule has 2 aromatic rings. The number of halogens is 2. The van der Waals surface area contributed by atoms with Crippen LogP contribution in [0.15, 0.2) is 22.7 Å². The third-order valence-electron chi connectivity index (χ3n) is 3.59. The second-order valence-corrected chi connectivity index (χ2v) is 5.82. The average Bonchev–Trinajstić information content (AvgIpc) is 3.02. The standard InChI is InChI=1S/C13H14BrClN2/c1-2-8-5-12(8)17-11-4-3-9(14)6-10(11)16-13(17)7-15/h3-4,6,8,12H,2,5,7H2,1H3. The highest BCUT2D eigenvalue weighted by atomic mass is 79.9. The van der Waals surface area contributed by atoms with Crippen LogP contribution in [0.3, 0.4) is 0 Å². The van der Waals surface area contributed by atoms with Gasteiger partial charge in [-0.2, -0.15) is 0 Å². The summed E-state index contributed by atoms with van der Waals surface area (Å²) in [5, 5.41) is 0. The van der Waals surface area contributed by atoms with E-state index in [1.807, 2.05) is 0 Å². The molecule has 0 spiro atoms. The van der Waals surface area contributed by atoms with Crippen LogP contribution >= 0.6 is 27.5 Å². The number of nitrogens with zero attached hydrogens (tertiary/aromatic N) is 2. The van der Waals surface area contributed by atoms with E-state index in [0.29, 0.717) is 11.9 Å². The Morgan fingerprint density at radius 2 is 2.35 bits per heavy atom. The molecule has 2 nitrogen and oxygen atoms in total. The SMILES string of the molecule is CCC1CC1n1c(CCl)nc2cc(Br)ccc21. The van der Waals surface area contributed by atoms with Crippen molar-refractivity contribution in [3.63, 3.8) is 0 Å². The molecule has 2 unspecified atom stereocenters. The molecule has 1 aliphatic rings. The quantitative estimate of drug-likeness (QED) is 0.762. The van der Waals surface area contributed by atoms with Gasteiger partial charge in [0, 0.05) is 10.5 Å². The highest BCUT2D eigenvalue weighted by Gasteiger charge is 2.38. The Balaban J connectivity index is 2.14. The molecule has 0 bridgehead atoms. The van der Waals surface area contributed by atoms with E-state index in [1.165, 1.54) is 18.4 Å². The molecule has 0 aliphatic heterocycles. The highest BCUT2D eigenvalue weighted by Crippen LogP contribution is 2.47. The number of benzene rings is 1. The zero-order chi connectivity index (χ0) is 12.0. The van der Waals surface area contributed by atoms with Gasteiger partial charge in [-0.1, -0.05) is 29.3 Å². The Bertz CT molecular complexity index is 564. The number of rotatable bonds is 3. The third-order valence-corrected chi connectivity index (χ3v) is 4.32. The number of fused-ring (bicyclic) bond motifs is 1. The molecular weight excluding hydrogens is 300 g/mol. The molecule has 1 saturated carbocycles. The Morgan fingerprint density at radius 3 is 3.00 bits per heavy atom. The molecule has 1 aromatic carbocycles. The molecule has 1 fully saturated rings. The van der Waals surface area contributed by atoms with Gasteiger partial charge in [0.05, 0.1) is 16.9 Å². The zero-order valence-electron chi connectivity index (χ0n) is 9.66. The summed E-state index contributed by atoms with van der Waals surface area (Å²) in [6, 6.07) is 6.88. The van der Waals surface area contributed by atoms with Crippen LogP contribution in [0.25, 0.3) is 11.0 Å². The summed E-state index contributed by atoms with van der Waals surface area (Å²) in [4.78, 5) is 4.62. The van der Waals surface area contributed by atoms with Crippen LogP contribution < -0.4 is 0 Å². The molecule has 17 heavy (non-hydrogen) atoms. The lowest BCUT2D eigenvalue weighted by atomic mass is 10.3. The predicted molar refractivity (Wildman–Crippen MR) is 74.4 cm³/mol. The van der Waals surface area contributed by atoms with Crippen molar-refractivity contribution in [3.05, 3.63) is 28.5 Å². The largest absolute Gasteiger partial charge is 0.324 e. The predicted octanol–water partition coefficient (Wildman–Crippen LogP) is 4.51. The van der Waals surface area contributed by atoms with E-state index in [1.54, 1.807) is 0 Å². The zero-order valence-corrected chi connectivity index (χ0v) is 12.0. The van der Waals surface area contributed by atoms with Crippen molar-refractivity contribution in [2.45, 2.75) is 31.7 Å². The number of hydrogen-bond donors (Lipinski definition) is 0. The molecule has 0 saturated heterocycles. The third kappa shape index (κ3) is 1.89. The topological polar surface area (TPSA) is 17.8 Å². The van der Waals surface area contributed by atoms with Gasteiger partial charge in [-0.25, -0.2) is 4.98 Å². The Morgan fingerprint density at radius 1 is 1.53 bits per heavy atom. The van der Waals surface area contributed by atoms with Gasteiger partial charge in [0.25, 0.3) is 0 Å². The number of aromatic nitrogens is 2. The maximum absolute atomic E-state index is 6.01. The molecule has 1 aliphatic carbocycles. The van der Waals surface area contributed by atoms with Crippen LogP contribution in [0.2, 0.25) is 0 Å². The molecule has 1 heterocycles. The lowest BCUT2D eigenvalue weighted by Gasteiger charge is -2.06. The first-order valence-electron chi connectivity index (χ1n) is 5.97. The van der Waals surface area contributed by atoms with Crippen LogP contribution in [0.4, 0.5) is 0 Å². The van der Waals surface area contributed by atoms with Crippen molar-refractivity contribution in [1.29, 1.82) is 0 Å². The van der Waals surface area contributed by atoms with Crippen LogP contribution in [0, 0.1) is 5.92 Å². The van der Waals surface area contributed by atoms with Gasteiger partial charge in [0.15, 0.2) is 0 Å². The van der Waals surface area contributed by atoms with Gasteiger partial charge in [0.2, 0.25) is 0 Å². The Labute approximate surface area is 114 Å². The Hall–Kier alpha value is -0.540. The smallest absolute Gasteiger partial charge is 0.125 e. The lowest BCUT2D eigenvalue weighted by Crippen LogP contribution is -2.01. The first-order valence-corrected chi connectivity index (χ1v) is 7.29. The highest BCUT2D eigenvalue weighted by molar-refractivity contribution is 9.10. The van der Waals surface area contributed by atoms with E-state index >= 15 is 0 Å². The van der Waals surface area contributed by atoms with E-state index in [0.717, 1.165) is 21.7 Å². The maximum atomic E-state index is 6.01. The van der Waals surface area contributed by atoms with Gasteiger partial charge in [-0.3, -0.25) is 0 Å². The molecule has 0 amide bonds. The summed E-state index contributed by atoms with van der Waals surface area (Å²) < 4.78 is 3.40. The van der Waals surface area contributed by atoms with Gasteiger partial charge < -0.3 is 4.57 Å². The number of imidazole rings is 1. The summed E-state index contributed by atoms with van der Waals surface area (Å²) in [5.74, 6) is 2.29. The van der Waals surface area contributed by atoms with Gasteiger partial charge in [-0.05, 0) is 30.5 Å². The minimum atomic E-state index is 0.485. The van der Waals surface area contributed by atoms with Crippen molar-refractivity contribution in [1.82, 2.24) is 9.55 Å². The molecule has 0 radical (unpaired) electrons. The lowest BCUT2D eigenvalue weighted by molar-refractivity contribution is 0.637. The maximum Gasteiger partial charge on any atom is 0.125 e. The van der Waals surface area contributed by atoms with E-state index in [4.69, 9.17) is 11.6 Å². The molecule has 1 aromatic heterocycles. The minimum Gasteiger partial charge on any atom is -0.324 e. The summed E-state index contributed by atoms with van der Waals surface area (Å²) in [6.45, 7) is 2.25. The van der Waals surface area contributed by atoms with Crippen LogP contribution in [0.5, 0.6) is 0 Å². The normalized spacial score (nSPS) is 23.2. The summed E-state index contributed by atoms with van der Waals surface area (Å²) in [6.07, 6.45) is 2.50. The van der Waals surface area contributed by atoms with Gasteiger partial charge in [-0.15, -0.1) is 11.6 Å². The van der Waals surface area contributed by atoms with E-state index in [2.05, 4.69) is 50.6 Å². The molecule has 4 heteroatoms. The van der Waals surface area contributed by atoms with Crippen LogP contribution in [0.1, 0.15) is 31.6 Å². The van der Waals surface area contributed by atoms with Gasteiger partial charge >= 0.3 is 0 Å². The van der Waals surface area contributed by atoms with Crippen molar-refractivity contribution >= 4 is 38.6 Å². The molecule has 90 valence electrons. The summed E-state index contributed by atoms with van der Waals surface area (Å²) >= 11 is 9.50. The molecule has 0 N–H and O–H groups in total. The van der Waals surface area contributed by atoms with Crippen molar-refractivity contribution in [3.8, 4) is 0 Å². The average molecular weight is 314 g/mol. The second kappa shape index (κ2) is 4.29. The second-order valence-electron chi connectivity index (χ2n) is 4.64. The fourth-order valence-corrected chi connectivity index (χ4v) is 3.11. The van der Waals surface area contributed by atoms with Crippen molar-refractivity contribution in [2.75, 3.05) is 0 Å². The van der Waals surface area contributed by atoms with Crippen molar-refractivity contribution in [2.24, 2.45) is 5.92 Å². The molecule has 2 atom stereocenters. The number of hydrogen-bond acceptors (Lipinski definition) is 1. The van der Waals surface area contributed by atoms with Crippen LogP contribution in [-0.4, -0.2) is 9.55 Å². The first-order chi connectivity index (χ1) is 8.24. The summed E-state index contributed by atoms with van der Waals surface area (Å²) in [5.41, 5.74) is 2.25. The fraction of sp³-hybridized carbons (Fsp3) is 0.462. The van der Waals surface area contributed by atoms with E-state index in [9.17, 15) is 0 Å². The van der Waals surface area contributed by atoms with E-state index < -0.39 is 0 Å². The van der Waals surface area contributed by atoms with Gasteiger partial charge in [0.1, 0.15) is 5.82 Å². The van der Waals surface area contributed by atoms with Crippen LogP contribution in [-0.2, 0) is 5.88 Å². The van der Waals surface area contributed by atoms with E-state index in [-0.39, 0.29) is 0 Å². The van der Waals surface area contributed by atoms with Crippen molar-refractivity contribution < 1.29 is 0 Å². The first kappa shape index (κ1) is 11.5. The minimum absolute atomic E-state index is 0.485. The fourth-order valence-electron chi connectivity index (χ4n) is 2.57. The molecule has 3 rings (SSSR count).